The number of amides is 2. The van der Waals surface area contributed by atoms with Gasteiger partial charge in [0.05, 0.1) is 6.10 Å². The third-order valence-electron chi connectivity index (χ3n) is 4.37. The van der Waals surface area contributed by atoms with Crippen LogP contribution in [0.15, 0.2) is 12.4 Å². The lowest BCUT2D eigenvalue weighted by atomic mass is 9.98. The minimum absolute atomic E-state index is 0.0851. The monoisotopic (exact) mass is 292 g/mol. The lowest BCUT2D eigenvalue weighted by molar-refractivity contribution is 0.0184. The van der Waals surface area contributed by atoms with Crippen molar-refractivity contribution >= 4 is 6.03 Å². The molecule has 1 aromatic rings. The van der Waals surface area contributed by atoms with Crippen molar-refractivity contribution in [1.82, 2.24) is 20.2 Å². The van der Waals surface area contributed by atoms with E-state index in [1.165, 1.54) is 6.42 Å². The fourth-order valence-corrected chi connectivity index (χ4v) is 3.06. The second-order valence-electron chi connectivity index (χ2n) is 5.98. The minimum atomic E-state index is -0.0851. The predicted octanol–water partition coefficient (Wildman–Crippen LogP) is 1.31. The van der Waals surface area contributed by atoms with Gasteiger partial charge in [-0.05, 0) is 31.6 Å². The number of carbonyl (C=O) groups is 1. The summed E-state index contributed by atoms with van der Waals surface area (Å²) in [6.07, 6.45) is 9.48. The molecule has 2 amide bonds. The van der Waals surface area contributed by atoms with E-state index >= 15 is 0 Å². The number of aryl methyl sites for hydroxylation is 1. The summed E-state index contributed by atoms with van der Waals surface area (Å²) in [4.78, 5) is 16.2. The molecule has 2 N–H and O–H groups in total. The average Bonchev–Trinajstić information content (AvgIpc) is 2.99. The predicted molar refractivity (Wildman–Crippen MR) is 79.0 cm³/mol. The summed E-state index contributed by atoms with van der Waals surface area (Å²) in [6, 6.07) is -0.0851. The van der Waals surface area contributed by atoms with Crippen molar-refractivity contribution < 1.29 is 9.53 Å². The van der Waals surface area contributed by atoms with E-state index < -0.39 is 0 Å². The lowest BCUT2D eigenvalue weighted by Crippen LogP contribution is -2.43. The standard InChI is InChI=1S/C15H24N4O2/c20-15(18-11-13-3-1-2-8-21-13)17-10-12-4-6-19-7-5-16-14(19)9-12/h5,7,12-13H,1-4,6,8-11H2,(H2,17,18,20)/t12-,13-/m0/s1. The Kier molecular flexibility index (Phi) is 4.75. The Morgan fingerprint density at radius 2 is 2.24 bits per heavy atom. The van der Waals surface area contributed by atoms with Gasteiger partial charge in [-0.25, -0.2) is 9.78 Å². The molecule has 0 radical (unpaired) electrons. The highest BCUT2D eigenvalue weighted by molar-refractivity contribution is 5.73. The van der Waals surface area contributed by atoms with Gasteiger partial charge in [0.25, 0.3) is 0 Å². The molecule has 1 aromatic heterocycles. The molecule has 2 atom stereocenters. The Bertz CT molecular complexity index is 468. The Hall–Kier alpha value is -1.56. The fourth-order valence-electron chi connectivity index (χ4n) is 3.06. The van der Waals surface area contributed by atoms with E-state index in [0.717, 1.165) is 44.7 Å². The number of hydrogen-bond donors (Lipinski definition) is 2. The van der Waals surface area contributed by atoms with Crippen molar-refractivity contribution in [2.45, 2.75) is 44.8 Å². The van der Waals surface area contributed by atoms with Crippen molar-refractivity contribution in [3.8, 4) is 0 Å². The first kappa shape index (κ1) is 14.4. The molecule has 21 heavy (non-hydrogen) atoms. The number of fused-ring (bicyclic) bond motifs is 1. The minimum Gasteiger partial charge on any atom is -0.376 e. The number of nitrogens with one attached hydrogen (secondary N) is 2. The van der Waals surface area contributed by atoms with Crippen LogP contribution in [-0.4, -0.2) is 41.4 Å². The summed E-state index contributed by atoms with van der Waals surface area (Å²) in [7, 11) is 0. The van der Waals surface area contributed by atoms with E-state index in [9.17, 15) is 4.79 Å². The Labute approximate surface area is 125 Å². The lowest BCUT2D eigenvalue weighted by Gasteiger charge is -2.25. The number of aromatic nitrogens is 2. The molecule has 0 aromatic carbocycles. The van der Waals surface area contributed by atoms with Gasteiger partial charge in [-0.3, -0.25) is 0 Å². The third kappa shape index (κ3) is 3.97. The number of urea groups is 1. The van der Waals surface area contributed by atoms with Crippen LogP contribution >= 0.6 is 0 Å². The first-order chi connectivity index (χ1) is 10.3. The van der Waals surface area contributed by atoms with Gasteiger partial charge in [0.2, 0.25) is 0 Å². The Balaban J connectivity index is 1.34. The number of nitrogens with zero attached hydrogens (tertiary/aromatic N) is 2. The van der Waals surface area contributed by atoms with E-state index in [2.05, 4.69) is 20.2 Å². The molecule has 0 unspecified atom stereocenters. The zero-order chi connectivity index (χ0) is 14.5. The maximum Gasteiger partial charge on any atom is 0.314 e. The zero-order valence-corrected chi connectivity index (χ0v) is 12.4. The van der Waals surface area contributed by atoms with Gasteiger partial charge in [-0.2, -0.15) is 0 Å². The highest BCUT2D eigenvalue weighted by Crippen LogP contribution is 2.18. The molecule has 0 saturated carbocycles. The van der Waals surface area contributed by atoms with Crippen LogP contribution in [0.1, 0.15) is 31.5 Å². The number of ether oxygens (including phenoxy) is 1. The van der Waals surface area contributed by atoms with Crippen molar-refractivity contribution in [2.24, 2.45) is 5.92 Å². The number of imidazole rings is 1. The van der Waals surface area contributed by atoms with Crippen LogP contribution in [0.5, 0.6) is 0 Å². The highest BCUT2D eigenvalue weighted by atomic mass is 16.5. The van der Waals surface area contributed by atoms with Gasteiger partial charge in [-0.15, -0.1) is 0 Å². The maximum absolute atomic E-state index is 11.8. The van der Waals surface area contributed by atoms with E-state index in [-0.39, 0.29) is 12.1 Å². The van der Waals surface area contributed by atoms with E-state index in [1.54, 1.807) is 0 Å². The van der Waals surface area contributed by atoms with Crippen molar-refractivity contribution in [3.63, 3.8) is 0 Å². The van der Waals surface area contributed by atoms with Crippen LogP contribution in [0.25, 0.3) is 0 Å². The van der Waals surface area contributed by atoms with Crippen molar-refractivity contribution in [2.75, 3.05) is 19.7 Å². The zero-order valence-electron chi connectivity index (χ0n) is 12.4. The van der Waals surface area contributed by atoms with Gasteiger partial charge in [-0.1, -0.05) is 0 Å². The van der Waals surface area contributed by atoms with Crippen LogP contribution in [-0.2, 0) is 17.7 Å². The summed E-state index contributed by atoms with van der Waals surface area (Å²) >= 11 is 0. The van der Waals surface area contributed by atoms with Gasteiger partial charge < -0.3 is 19.9 Å². The fraction of sp³-hybridized carbons (Fsp3) is 0.733. The SMILES string of the molecule is O=C(NC[C@H]1CCn2ccnc2C1)NC[C@@H]1CCCCO1. The maximum atomic E-state index is 11.8. The second kappa shape index (κ2) is 6.93. The number of hydrogen-bond acceptors (Lipinski definition) is 3. The molecular formula is C15H24N4O2. The van der Waals surface area contributed by atoms with Crippen LogP contribution in [0.3, 0.4) is 0 Å². The number of rotatable bonds is 4. The molecule has 6 heteroatoms. The van der Waals surface area contributed by atoms with Gasteiger partial charge in [0.1, 0.15) is 5.82 Å². The highest BCUT2D eigenvalue weighted by Gasteiger charge is 2.20. The molecule has 6 nitrogen and oxygen atoms in total. The molecule has 2 aliphatic rings. The normalized spacial score (nSPS) is 25.1. The second-order valence-corrected chi connectivity index (χ2v) is 5.98. The summed E-state index contributed by atoms with van der Waals surface area (Å²) in [6.45, 7) is 3.15. The first-order valence-electron chi connectivity index (χ1n) is 7.94. The van der Waals surface area contributed by atoms with Crippen molar-refractivity contribution in [1.29, 1.82) is 0 Å². The van der Waals surface area contributed by atoms with Gasteiger partial charge >= 0.3 is 6.03 Å². The van der Waals surface area contributed by atoms with E-state index in [1.807, 2.05) is 12.4 Å². The molecular weight excluding hydrogens is 268 g/mol. The molecule has 1 saturated heterocycles. The van der Waals surface area contributed by atoms with Crippen LogP contribution in [0.4, 0.5) is 4.79 Å². The van der Waals surface area contributed by atoms with Crippen molar-refractivity contribution in [3.05, 3.63) is 18.2 Å². The quantitative estimate of drug-likeness (QED) is 0.879. The molecule has 0 spiro atoms. The summed E-state index contributed by atoms with van der Waals surface area (Å²) in [5, 5.41) is 5.88. The molecule has 3 rings (SSSR count). The first-order valence-corrected chi connectivity index (χ1v) is 7.94. The molecule has 1 fully saturated rings. The Morgan fingerprint density at radius 1 is 1.33 bits per heavy atom. The molecule has 0 aliphatic carbocycles. The smallest absolute Gasteiger partial charge is 0.314 e. The van der Waals surface area contributed by atoms with E-state index in [4.69, 9.17) is 4.74 Å². The average molecular weight is 292 g/mol. The summed E-state index contributed by atoms with van der Waals surface area (Å²) in [5.74, 6) is 1.61. The summed E-state index contributed by atoms with van der Waals surface area (Å²) < 4.78 is 7.79. The van der Waals surface area contributed by atoms with Crippen LogP contribution in [0, 0.1) is 5.92 Å². The van der Waals surface area contributed by atoms with Crippen LogP contribution in [0.2, 0.25) is 0 Å². The van der Waals surface area contributed by atoms with Crippen LogP contribution < -0.4 is 10.6 Å². The molecule has 2 aliphatic heterocycles. The van der Waals surface area contributed by atoms with E-state index in [0.29, 0.717) is 19.0 Å². The molecule has 116 valence electrons. The summed E-state index contributed by atoms with van der Waals surface area (Å²) in [5.41, 5.74) is 0. The number of carbonyl (C=O) groups excluding carboxylic acids is 1. The Morgan fingerprint density at radius 3 is 3.10 bits per heavy atom. The molecule has 0 bridgehead atoms. The van der Waals surface area contributed by atoms with Gasteiger partial charge in [0.15, 0.2) is 0 Å². The third-order valence-corrected chi connectivity index (χ3v) is 4.37. The topological polar surface area (TPSA) is 68.2 Å². The van der Waals surface area contributed by atoms with Gasteiger partial charge in [0, 0.05) is 45.1 Å². The largest absolute Gasteiger partial charge is 0.376 e. The molecule has 3 heterocycles.